The summed E-state index contributed by atoms with van der Waals surface area (Å²) >= 11 is 1.96. The summed E-state index contributed by atoms with van der Waals surface area (Å²) in [4.78, 5) is 4.62. The molecule has 0 amide bonds. The van der Waals surface area contributed by atoms with Crippen LogP contribution in [0.4, 0.5) is 0 Å². The molecule has 16 heavy (non-hydrogen) atoms. The lowest BCUT2D eigenvalue weighted by molar-refractivity contribution is 0.0910. The quantitative estimate of drug-likeness (QED) is 0.819. The zero-order valence-corrected chi connectivity index (χ0v) is 10.6. The zero-order valence-electron chi connectivity index (χ0n) is 9.82. The Morgan fingerprint density at radius 1 is 1.31 bits per heavy atom. The molecule has 90 valence electrons. The number of hydrogen-bond donors (Lipinski definition) is 1. The molecule has 0 aromatic rings. The van der Waals surface area contributed by atoms with Crippen LogP contribution in [0.3, 0.4) is 0 Å². The van der Waals surface area contributed by atoms with Crippen molar-refractivity contribution in [2.75, 3.05) is 13.7 Å². The smallest absolute Gasteiger partial charge is 0.157 e. The highest BCUT2D eigenvalue weighted by Gasteiger charge is 2.36. The molecule has 1 heterocycles. The van der Waals surface area contributed by atoms with Crippen molar-refractivity contribution in [1.29, 1.82) is 0 Å². The third kappa shape index (κ3) is 2.23. The fraction of sp³-hybridized carbons (Fsp3) is 0.917. The number of aliphatic imine (C=N–C) groups is 1. The van der Waals surface area contributed by atoms with Crippen molar-refractivity contribution in [2.45, 2.75) is 49.5 Å². The van der Waals surface area contributed by atoms with E-state index in [0.717, 1.165) is 17.7 Å². The minimum atomic E-state index is 0.392. The Morgan fingerprint density at radius 3 is 2.94 bits per heavy atom. The molecule has 3 atom stereocenters. The predicted molar refractivity (Wildman–Crippen MR) is 68.0 cm³/mol. The highest BCUT2D eigenvalue weighted by atomic mass is 32.2. The van der Waals surface area contributed by atoms with E-state index in [2.05, 4.69) is 10.3 Å². The Hall–Kier alpha value is -0.220. The van der Waals surface area contributed by atoms with Gasteiger partial charge in [0, 0.05) is 12.4 Å². The molecular weight excluding hydrogens is 220 g/mol. The maximum absolute atomic E-state index is 5.49. The molecule has 0 aromatic carbocycles. The summed E-state index contributed by atoms with van der Waals surface area (Å²) in [7, 11) is 1.82. The zero-order chi connectivity index (χ0) is 11.0. The Labute approximate surface area is 101 Å². The molecule has 2 fully saturated rings. The highest BCUT2D eigenvalue weighted by molar-refractivity contribution is 8.14. The van der Waals surface area contributed by atoms with E-state index in [1.807, 2.05) is 18.9 Å². The largest absolute Gasteiger partial charge is 0.379 e. The van der Waals surface area contributed by atoms with Gasteiger partial charge in [0.05, 0.1) is 18.7 Å². The Bertz CT molecular complexity index is 291. The second-order valence-corrected chi connectivity index (χ2v) is 6.32. The number of nitrogens with zero attached hydrogens (tertiary/aromatic N) is 1. The number of hydrogen-bond acceptors (Lipinski definition) is 4. The van der Waals surface area contributed by atoms with Crippen LogP contribution >= 0.6 is 11.8 Å². The number of rotatable bonds is 3. The first-order valence-corrected chi connectivity index (χ1v) is 7.25. The molecule has 0 spiro atoms. The summed E-state index contributed by atoms with van der Waals surface area (Å²) in [6.07, 6.45) is 6.93. The molecule has 0 radical (unpaired) electrons. The van der Waals surface area contributed by atoms with E-state index in [0.29, 0.717) is 12.1 Å². The van der Waals surface area contributed by atoms with Crippen molar-refractivity contribution in [3.8, 4) is 0 Å². The third-order valence-electron chi connectivity index (χ3n) is 3.89. The molecule has 1 aliphatic heterocycles. The first kappa shape index (κ1) is 10.9. The van der Waals surface area contributed by atoms with Crippen molar-refractivity contribution in [3.05, 3.63) is 0 Å². The molecule has 1 N–H and O–H groups in total. The first-order chi connectivity index (χ1) is 7.86. The van der Waals surface area contributed by atoms with E-state index in [4.69, 9.17) is 4.74 Å². The predicted octanol–water partition coefficient (Wildman–Crippen LogP) is 2.02. The lowest BCUT2D eigenvalue weighted by atomic mass is 10.2. The van der Waals surface area contributed by atoms with Gasteiger partial charge in [-0.15, -0.1) is 0 Å². The second kappa shape index (κ2) is 4.57. The van der Waals surface area contributed by atoms with Crippen molar-refractivity contribution >= 4 is 16.9 Å². The van der Waals surface area contributed by atoms with Gasteiger partial charge in [-0.1, -0.05) is 11.8 Å². The van der Waals surface area contributed by atoms with Crippen LogP contribution in [-0.2, 0) is 4.74 Å². The average Bonchev–Trinajstić information content (AvgIpc) is 2.88. The highest BCUT2D eigenvalue weighted by Crippen LogP contribution is 2.41. The summed E-state index contributed by atoms with van der Waals surface area (Å²) in [6, 6.07) is 0.495. The maximum atomic E-state index is 5.49. The number of amidine groups is 1. The molecule has 2 saturated carbocycles. The Balaban J connectivity index is 1.51. The lowest BCUT2D eigenvalue weighted by Gasteiger charge is -2.20. The van der Waals surface area contributed by atoms with Gasteiger partial charge in [-0.3, -0.25) is 4.99 Å². The molecule has 0 aromatic heterocycles. The molecule has 2 aliphatic carbocycles. The van der Waals surface area contributed by atoms with E-state index in [1.165, 1.54) is 37.3 Å². The number of thioether (sulfide) groups is 1. The molecule has 4 heteroatoms. The van der Waals surface area contributed by atoms with E-state index < -0.39 is 0 Å². The fourth-order valence-electron chi connectivity index (χ4n) is 2.72. The van der Waals surface area contributed by atoms with Crippen molar-refractivity contribution in [1.82, 2.24) is 5.32 Å². The van der Waals surface area contributed by atoms with Crippen LogP contribution in [0.1, 0.15) is 32.1 Å². The maximum Gasteiger partial charge on any atom is 0.157 e. The summed E-state index contributed by atoms with van der Waals surface area (Å²) < 4.78 is 5.49. The second-order valence-electron chi connectivity index (χ2n) is 5.10. The van der Waals surface area contributed by atoms with Crippen LogP contribution in [-0.4, -0.2) is 36.2 Å². The summed E-state index contributed by atoms with van der Waals surface area (Å²) in [6.45, 7) is 1.03. The van der Waals surface area contributed by atoms with Gasteiger partial charge in [-0.25, -0.2) is 0 Å². The van der Waals surface area contributed by atoms with Crippen LogP contribution < -0.4 is 5.32 Å². The molecule has 3 nitrogen and oxygen atoms in total. The molecule has 3 rings (SSSR count). The van der Waals surface area contributed by atoms with Gasteiger partial charge >= 0.3 is 0 Å². The third-order valence-corrected chi connectivity index (χ3v) is 5.20. The Kier molecular flexibility index (Phi) is 3.11. The number of methoxy groups -OCH3 is 1. The number of ether oxygens (including phenoxy) is 1. The SMILES string of the molecule is COC1CCCC1NC1=NCC(C2CC2)S1. The molecule has 0 bridgehead atoms. The standard InChI is InChI=1S/C12H20N2OS/c1-15-10-4-2-3-9(10)14-12-13-7-11(16-12)8-5-6-8/h8-11H,2-7H2,1H3,(H,13,14). The van der Waals surface area contributed by atoms with Gasteiger partial charge in [0.2, 0.25) is 0 Å². The minimum absolute atomic E-state index is 0.392. The summed E-state index contributed by atoms with van der Waals surface area (Å²) in [5.74, 6) is 0.954. The van der Waals surface area contributed by atoms with Crippen molar-refractivity contribution in [2.24, 2.45) is 10.9 Å². The Morgan fingerprint density at radius 2 is 2.19 bits per heavy atom. The topological polar surface area (TPSA) is 33.6 Å². The van der Waals surface area contributed by atoms with Crippen LogP contribution in [0.5, 0.6) is 0 Å². The van der Waals surface area contributed by atoms with Crippen LogP contribution in [0.15, 0.2) is 4.99 Å². The minimum Gasteiger partial charge on any atom is -0.379 e. The molecular formula is C12H20N2OS. The van der Waals surface area contributed by atoms with Crippen LogP contribution in [0.2, 0.25) is 0 Å². The monoisotopic (exact) mass is 240 g/mol. The normalized spacial score (nSPS) is 38.8. The van der Waals surface area contributed by atoms with E-state index in [1.54, 1.807) is 0 Å². The van der Waals surface area contributed by atoms with Gasteiger partial charge in [0.1, 0.15) is 0 Å². The average molecular weight is 240 g/mol. The van der Waals surface area contributed by atoms with Gasteiger partial charge in [-0.05, 0) is 38.0 Å². The van der Waals surface area contributed by atoms with Crippen molar-refractivity contribution < 1.29 is 4.74 Å². The van der Waals surface area contributed by atoms with E-state index >= 15 is 0 Å². The molecule has 3 aliphatic rings. The molecule has 3 unspecified atom stereocenters. The van der Waals surface area contributed by atoms with Crippen LogP contribution in [0.25, 0.3) is 0 Å². The van der Waals surface area contributed by atoms with Gasteiger partial charge in [0.25, 0.3) is 0 Å². The van der Waals surface area contributed by atoms with Gasteiger partial charge in [-0.2, -0.15) is 0 Å². The van der Waals surface area contributed by atoms with Gasteiger partial charge in [0.15, 0.2) is 5.17 Å². The van der Waals surface area contributed by atoms with Crippen LogP contribution in [0, 0.1) is 5.92 Å². The van der Waals surface area contributed by atoms with E-state index in [-0.39, 0.29) is 0 Å². The van der Waals surface area contributed by atoms with E-state index in [9.17, 15) is 0 Å². The van der Waals surface area contributed by atoms with Gasteiger partial charge < -0.3 is 10.1 Å². The number of nitrogens with one attached hydrogen (secondary N) is 1. The fourth-order valence-corrected chi connectivity index (χ4v) is 3.98. The lowest BCUT2D eigenvalue weighted by Crippen LogP contribution is -2.39. The summed E-state index contributed by atoms with van der Waals surface area (Å²) in [5.41, 5.74) is 0. The first-order valence-electron chi connectivity index (χ1n) is 6.37. The molecule has 0 saturated heterocycles. The summed E-state index contributed by atoms with van der Waals surface area (Å²) in [5, 5.41) is 5.52. The van der Waals surface area contributed by atoms with Crippen molar-refractivity contribution in [3.63, 3.8) is 0 Å².